The van der Waals surface area contributed by atoms with E-state index in [2.05, 4.69) is 31.2 Å². The Kier molecular flexibility index (Phi) is 5.71. The minimum absolute atomic E-state index is 0.108. The lowest BCUT2D eigenvalue weighted by Crippen LogP contribution is -2.54. The Morgan fingerprint density at radius 1 is 0.941 bits per heavy atom. The number of methoxy groups -OCH3 is 2. The SMILES string of the molecule is COC1(OC)CCC2=C3C(CC[C@@]2(O)C1)C1CCO[C@@]1(C)C[C@@H]3c1ccc(C2OCCO2)cc1. The normalized spacial score (nSPS) is 39.6. The fraction of sp³-hybridized carbons (Fsp3) is 0.714. The Labute approximate surface area is 202 Å². The summed E-state index contributed by atoms with van der Waals surface area (Å²) in [5.74, 6) is 0.513. The van der Waals surface area contributed by atoms with E-state index in [1.54, 1.807) is 14.2 Å². The molecule has 6 heteroatoms. The number of aliphatic hydroxyl groups is 1. The van der Waals surface area contributed by atoms with Gasteiger partial charge in [-0.3, -0.25) is 0 Å². The molecule has 0 radical (unpaired) electrons. The topological polar surface area (TPSA) is 66.4 Å². The van der Waals surface area contributed by atoms with Crippen LogP contribution >= 0.6 is 0 Å². The van der Waals surface area contributed by atoms with Crippen LogP contribution in [0.1, 0.15) is 75.2 Å². The van der Waals surface area contributed by atoms with Gasteiger partial charge in [-0.15, -0.1) is 0 Å². The quantitative estimate of drug-likeness (QED) is 0.512. The van der Waals surface area contributed by atoms with Crippen molar-refractivity contribution in [2.75, 3.05) is 34.0 Å². The number of fused-ring (bicyclic) bond motifs is 4. The van der Waals surface area contributed by atoms with Crippen LogP contribution in [0.25, 0.3) is 0 Å². The summed E-state index contributed by atoms with van der Waals surface area (Å²) in [5, 5.41) is 12.0. The van der Waals surface area contributed by atoms with Crippen LogP contribution in [0.2, 0.25) is 0 Å². The fourth-order valence-electron chi connectivity index (χ4n) is 7.85. The van der Waals surface area contributed by atoms with Crippen molar-refractivity contribution >= 4 is 0 Å². The van der Waals surface area contributed by atoms with Crippen molar-refractivity contribution in [3.05, 3.63) is 46.5 Å². The molecule has 2 aliphatic heterocycles. The number of allylic oxidation sites excluding steroid dienone is 1. The van der Waals surface area contributed by atoms with E-state index in [1.807, 2.05) is 0 Å². The summed E-state index contributed by atoms with van der Waals surface area (Å²) in [6.45, 7) is 4.44. The van der Waals surface area contributed by atoms with E-state index in [4.69, 9.17) is 23.7 Å². The maximum atomic E-state index is 12.0. The van der Waals surface area contributed by atoms with Crippen molar-refractivity contribution in [1.82, 2.24) is 0 Å². The zero-order chi connectivity index (χ0) is 23.6. The van der Waals surface area contributed by atoms with Gasteiger partial charge in [0.2, 0.25) is 0 Å². The molecular weight excluding hydrogens is 432 g/mol. The van der Waals surface area contributed by atoms with E-state index in [1.165, 1.54) is 16.7 Å². The second-order valence-corrected chi connectivity index (χ2v) is 11.2. The fourth-order valence-corrected chi connectivity index (χ4v) is 7.85. The summed E-state index contributed by atoms with van der Waals surface area (Å²) < 4.78 is 29.4. The van der Waals surface area contributed by atoms with Crippen molar-refractivity contribution < 1.29 is 28.8 Å². The Bertz CT molecular complexity index is 946. The molecule has 2 heterocycles. The van der Waals surface area contributed by atoms with E-state index in [0.29, 0.717) is 31.5 Å². The molecule has 1 N–H and O–H groups in total. The number of benzene rings is 1. The van der Waals surface area contributed by atoms with Crippen molar-refractivity contribution in [2.24, 2.45) is 11.8 Å². The Balaban J connectivity index is 1.41. The van der Waals surface area contributed by atoms with Crippen LogP contribution in [-0.2, 0) is 23.7 Å². The van der Waals surface area contributed by atoms with E-state index in [0.717, 1.165) is 50.7 Å². The monoisotopic (exact) mass is 470 g/mol. The molecule has 0 aromatic heterocycles. The van der Waals surface area contributed by atoms with Gasteiger partial charge in [-0.05, 0) is 62.0 Å². The molecule has 34 heavy (non-hydrogen) atoms. The molecule has 0 spiro atoms. The number of ether oxygens (including phenoxy) is 5. The maximum absolute atomic E-state index is 12.0. The smallest absolute Gasteiger partial charge is 0.184 e. The van der Waals surface area contributed by atoms with Crippen LogP contribution in [0.5, 0.6) is 0 Å². The number of hydrogen-bond acceptors (Lipinski definition) is 6. The van der Waals surface area contributed by atoms with Gasteiger partial charge in [0.05, 0.1) is 24.4 Å². The minimum Gasteiger partial charge on any atom is -0.385 e. The Morgan fingerprint density at radius 2 is 1.65 bits per heavy atom. The van der Waals surface area contributed by atoms with Crippen LogP contribution in [0.15, 0.2) is 35.4 Å². The summed E-state index contributed by atoms with van der Waals surface area (Å²) in [6, 6.07) is 8.76. The summed E-state index contributed by atoms with van der Waals surface area (Å²) in [6.07, 6.45) is 5.64. The predicted molar refractivity (Wildman–Crippen MR) is 126 cm³/mol. The summed E-state index contributed by atoms with van der Waals surface area (Å²) in [4.78, 5) is 0. The minimum atomic E-state index is -0.868. The van der Waals surface area contributed by atoms with E-state index in [-0.39, 0.29) is 17.8 Å². The Morgan fingerprint density at radius 3 is 2.35 bits per heavy atom. The lowest BCUT2D eigenvalue weighted by Gasteiger charge is -2.55. The van der Waals surface area contributed by atoms with Crippen molar-refractivity contribution in [2.45, 2.75) is 81.1 Å². The molecule has 5 atom stereocenters. The molecule has 0 amide bonds. The Hall–Kier alpha value is -1.28. The van der Waals surface area contributed by atoms with Gasteiger partial charge in [0.15, 0.2) is 12.1 Å². The summed E-state index contributed by atoms with van der Waals surface area (Å²) >= 11 is 0. The molecule has 6 nitrogen and oxygen atoms in total. The van der Waals surface area contributed by atoms with Crippen LogP contribution in [0.4, 0.5) is 0 Å². The van der Waals surface area contributed by atoms with Gasteiger partial charge in [-0.25, -0.2) is 0 Å². The zero-order valence-corrected chi connectivity index (χ0v) is 20.7. The molecule has 4 fully saturated rings. The van der Waals surface area contributed by atoms with Crippen molar-refractivity contribution in [1.29, 1.82) is 0 Å². The lowest BCUT2D eigenvalue weighted by molar-refractivity contribution is -0.246. The third-order valence-corrected chi connectivity index (χ3v) is 9.59. The van der Waals surface area contributed by atoms with Gasteiger partial charge >= 0.3 is 0 Å². The molecule has 5 aliphatic rings. The number of rotatable bonds is 4. The van der Waals surface area contributed by atoms with Gasteiger partial charge in [0.1, 0.15) is 0 Å². The van der Waals surface area contributed by atoms with Crippen LogP contribution in [0.3, 0.4) is 0 Å². The molecule has 2 saturated heterocycles. The standard InChI is InChI=1S/C28H38O6/c1-26-16-21(18-4-6-19(7-5-18)25-32-14-15-33-25)24-20(22(26)10-13-34-26)8-11-27(29)17-28(30-2,31-3)12-9-23(24)27/h4-7,20-22,25,29H,8-17H2,1-3H3/t20?,21-,22?,26+,27-/m1/s1. The van der Waals surface area contributed by atoms with Crippen LogP contribution in [0, 0.1) is 11.8 Å². The van der Waals surface area contributed by atoms with Gasteiger partial charge < -0.3 is 28.8 Å². The zero-order valence-electron chi connectivity index (χ0n) is 20.7. The molecule has 0 bridgehead atoms. The predicted octanol–water partition coefficient (Wildman–Crippen LogP) is 4.63. The van der Waals surface area contributed by atoms with E-state index < -0.39 is 11.4 Å². The molecule has 1 aromatic carbocycles. The van der Waals surface area contributed by atoms with Gasteiger partial charge in [-0.2, -0.15) is 0 Å². The average Bonchev–Trinajstić information content (AvgIpc) is 3.52. The highest BCUT2D eigenvalue weighted by Gasteiger charge is 2.58. The highest BCUT2D eigenvalue weighted by Crippen LogP contribution is 2.61. The van der Waals surface area contributed by atoms with E-state index >= 15 is 0 Å². The molecule has 186 valence electrons. The molecular formula is C28H38O6. The van der Waals surface area contributed by atoms with Crippen LogP contribution < -0.4 is 0 Å². The largest absolute Gasteiger partial charge is 0.385 e. The second-order valence-electron chi connectivity index (χ2n) is 11.2. The van der Waals surface area contributed by atoms with Gasteiger partial charge in [0.25, 0.3) is 0 Å². The first-order valence-electron chi connectivity index (χ1n) is 12.9. The van der Waals surface area contributed by atoms with Crippen molar-refractivity contribution in [3.8, 4) is 0 Å². The molecule has 6 rings (SSSR count). The van der Waals surface area contributed by atoms with E-state index in [9.17, 15) is 5.11 Å². The van der Waals surface area contributed by atoms with Crippen LogP contribution in [-0.4, -0.2) is 56.1 Å². The first-order chi connectivity index (χ1) is 16.4. The lowest BCUT2D eigenvalue weighted by atomic mass is 9.54. The summed E-state index contributed by atoms with van der Waals surface area (Å²) in [5.41, 5.74) is 4.11. The summed E-state index contributed by atoms with van der Waals surface area (Å²) in [7, 11) is 3.39. The van der Waals surface area contributed by atoms with Crippen molar-refractivity contribution in [3.63, 3.8) is 0 Å². The third-order valence-electron chi connectivity index (χ3n) is 9.59. The highest BCUT2D eigenvalue weighted by molar-refractivity contribution is 5.44. The number of hydrogen-bond donors (Lipinski definition) is 1. The maximum Gasteiger partial charge on any atom is 0.184 e. The average molecular weight is 471 g/mol. The molecule has 2 unspecified atom stereocenters. The first kappa shape index (κ1) is 23.1. The molecule has 2 saturated carbocycles. The third kappa shape index (κ3) is 3.53. The highest BCUT2D eigenvalue weighted by atomic mass is 16.7. The molecule has 1 aromatic rings. The molecule has 3 aliphatic carbocycles. The van der Waals surface area contributed by atoms with Gasteiger partial charge in [-0.1, -0.05) is 29.8 Å². The second kappa shape index (κ2) is 8.39. The first-order valence-corrected chi connectivity index (χ1v) is 12.9. The van der Waals surface area contributed by atoms with Gasteiger partial charge in [0, 0.05) is 45.1 Å².